The summed E-state index contributed by atoms with van der Waals surface area (Å²) in [4.78, 5) is 44.0. The lowest BCUT2D eigenvalue weighted by Gasteiger charge is -2.32. The van der Waals surface area contributed by atoms with Gasteiger partial charge in [0.15, 0.2) is 0 Å². The maximum absolute atomic E-state index is 12.7. The van der Waals surface area contributed by atoms with E-state index in [1.165, 1.54) is 23.7 Å². The number of hydrazine groups is 1. The van der Waals surface area contributed by atoms with E-state index in [4.69, 9.17) is 0 Å². The predicted molar refractivity (Wildman–Crippen MR) is 115 cm³/mol. The third-order valence-electron chi connectivity index (χ3n) is 6.89. The predicted octanol–water partition coefficient (Wildman–Crippen LogP) is 0.354. The summed E-state index contributed by atoms with van der Waals surface area (Å²) in [6.07, 6.45) is 6.36. The van der Waals surface area contributed by atoms with Crippen molar-refractivity contribution >= 4 is 22.7 Å². The summed E-state index contributed by atoms with van der Waals surface area (Å²) < 4.78 is 1.51. The van der Waals surface area contributed by atoms with Gasteiger partial charge in [0.05, 0.1) is 29.3 Å². The SMILES string of the molecule is O=C(NCCn1cnc2ccccc2c1=O)C1CC(=O)N(C2NNC3CCCCC32)C1. The highest BCUT2D eigenvalue weighted by Gasteiger charge is 2.46. The van der Waals surface area contributed by atoms with Crippen LogP contribution in [0, 0.1) is 11.8 Å². The second-order valence-corrected chi connectivity index (χ2v) is 8.79. The van der Waals surface area contributed by atoms with Crippen molar-refractivity contribution in [1.82, 2.24) is 30.6 Å². The van der Waals surface area contributed by atoms with E-state index in [2.05, 4.69) is 21.2 Å². The molecule has 3 fully saturated rings. The number of amides is 2. The topological polar surface area (TPSA) is 108 Å². The number of rotatable bonds is 5. The number of likely N-dealkylation sites (tertiary alicyclic amines) is 1. The molecule has 4 unspecified atom stereocenters. The molecule has 9 nitrogen and oxygen atoms in total. The molecule has 2 aliphatic heterocycles. The molecule has 31 heavy (non-hydrogen) atoms. The summed E-state index contributed by atoms with van der Waals surface area (Å²) in [5.41, 5.74) is 7.17. The van der Waals surface area contributed by atoms with Gasteiger partial charge in [0.2, 0.25) is 11.8 Å². The Bertz CT molecular complexity index is 1050. The molecule has 4 atom stereocenters. The van der Waals surface area contributed by atoms with Gasteiger partial charge in [-0.25, -0.2) is 10.4 Å². The Balaban J connectivity index is 1.17. The van der Waals surface area contributed by atoms with E-state index in [1.807, 2.05) is 17.0 Å². The maximum Gasteiger partial charge on any atom is 0.261 e. The van der Waals surface area contributed by atoms with Crippen LogP contribution in [0.2, 0.25) is 0 Å². The minimum absolute atomic E-state index is 0.0284. The number of hydrogen-bond acceptors (Lipinski definition) is 6. The first kappa shape index (κ1) is 20.1. The molecule has 5 rings (SSSR count). The van der Waals surface area contributed by atoms with E-state index in [1.54, 1.807) is 12.1 Å². The number of benzene rings is 1. The number of hydrogen-bond donors (Lipinski definition) is 3. The van der Waals surface area contributed by atoms with Gasteiger partial charge in [-0.05, 0) is 25.0 Å². The zero-order chi connectivity index (χ0) is 21.4. The van der Waals surface area contributed by atoms with Gasteiger partial charge in [-0.15, -0.1) is 0 Å². The Hall–Kier alpha value is -2.78. The van der Waals surface area contributed by atoms with Crippen LogP contribution in [0.3, 0.4) is 0 Å². The Morgan fingerprint density at radius 3 is 2.90 bits per heavy atom. The molecule has 1 aromatic heterocycles. The molecule has 1 aliphatic carbocycles. The minimum Gasteiger partial charge on any atom is -0.354 e. The summed E-state index contributed by atoms with van der Waals surface area (Å²) in [6.45, 7) is 1.09. The van der Waals surface area contributed by atoms with E-state index >= 15 is 0 Å². The molecular weight excluding hydrogens is 396 g/mol. The molecule has 3 N–H and O–H groups in total. The highest BCUT2D eigenvalue weighted by Crippen LogP contribution is 2.34. The van der Waals surface area contributed by atoms with Gasteiger partial charge in [-0.3, -0.25) is 24.4 Å². The number of aromatic nitrogens is 2. The van der Waals surface area contributed by atoms with E-state index in [0.29, 0.717) is 42.5 Å². The first-order chi connectivity index (χ1) is 15.1. The van der Waals surface area contributed by atoms with Crippen molar-refractivity contribution < 1.29 is 9.59 Å². The van der Waals surface area contributed by atoms with Crippen molar-refractivity contribution in [2.75, 3.05) is 13.1 Å². The molecule has 2 saturated heterocycles. The lowest BCUT2D eigenvalue weighted by atomic mass is 9.84. The van der Waals surface area contributed by atoms with Crippen LogP contribution >= 0.6 is 0 Å². The molecule has 9 heteroatoms. The number of fused-ring (bicyclic) bond motifs is 2. The van der Waals surface area contributed by atoms with E-state index in [9.17, 15) is 14.4 Å². The van der Waals surface area contributed by atoms with Gasteiger partial charge in [-0.2, -0.15) is 0 Å². The van der Waals surface area contributed by atoms with Crippen LogP contribution < -0.4 is 21.7 Å². The van der Waals surface area contributed by atoms with Gasteiger partial charge in [0.1, 0.15) is 0 Å². The average Bonchev–Trinajstić information content (AvgIpc) is 3.38. The molecule has 2 aromatic rings. The van der Waals surface area contributed by atoms with E-state index < -0.39 is 0 Å². The fourth-order valence-electron chi connectivity index (χ4n) is 5.21. The van der Waals surface area contributed by atoms with Crippen LogP contribution in [0.15, 0.2) is 35.4 Å². The van der Waals surface area contributed by atoms with Gasteiger partial charge in [-0.1, -0.05) is 25.0 Å². The molecule has 164 valence electrons. The van der Waals surface area contributed by atoms with Crippen molar-refractivity contribution in [3.05, 3.63) is 40.9 Å². The molecule has 1 saturated carbocycles. The number of carbonyl (C=O) groups is 2. The summed E-state index contributed by atoms with van der Waals surface area (Å²) in [7, 11) is 0. The molecule has 0 radical (unpaired) electrons. The van der Waals surface area contributed by atoms with Gasteiger partial charge in [0.25, 0.3) is 5.56 Å². The van der Waals surface area contributed by atoms with E-state index in [-0.39, 0.29) is 35.9 Å². The number of nitrogens with zero attached hydrogens (tertiary/aromatic N) is 3. The zero-order valence-electron chi connectivity index (χ0n) is 17.4. The largest absolute Gasteiger partial charge is 0.354 e. The average molecular weight is 425 g/mol. The second kappa shape index (κ2) is 8.39. The Kier molecular flexibility index (Phi) is 5.45. The molecule has 1 aromatic carbocycles. The van der Waals surface area contributed by atoms with E-state index in [0.717, 1.165) is 12.8 Å². The normalized spacial score (nSPS) is 28.1. The Morgan fingerprint density at radius 1 is 1.16 bits per heavy atom. The molecule has 2 amide bonds. The molecule has 3 heterocycles. The summed E-state index contributed by atoms with van der Waals surface area (Å²) in [6, 6.07) is 7.62. The zero-order valence-corrected chi connectivity index (χ0v) is 17.4. The molecular formula is C22H28N6O3. The Morgan fingerprint density at radius 2 is 2.00 bits per heavy atom. The third-order valence-corrected chi connectivity index (χ3v) is 6.89. The van der Waals surface area contributed by atoms with Crippen LogP contribution in [-0.4, -0.2) is 51.6 Å². The standard InChI is InChI=1S/C22H28N6O3/c29-19-11-14(12-28(19)20-15-5-1-4-8-18(15)25-26-20)21(30)23-9-10-27-13-24-17-7-3-2-6-16(17)22(27)31/h2-3,6-7,13-15,18,20,25-26H,1,4-5,8-12H2,(H,23,30). The quantitative estimate of drug-likeness (QED) is 0.639. The fraction of sp³-hybridized carbons (Fsp3) is 0.545. The second-order valence-electron chi connectivity index (χ2n) is 8.79. The third kappa shape index (κ3) is 3.83. The molecule has 0 spiro atoms. The highest BCUT2D eigenvalue weighted by atomic mass is 16.2. The van der Waals surface area contributed by atoms with Crippen LogP contribution in [0.4, 0.5) is 0 Å². The first-order valence-corrected chi connectivity index (χ1v) is 11.1. The van der Waals surface area contributed by atoms with Crippen LogP contribution in [0.5, 0.6) is 0 Å². The van der Waals surface area contributed by atoms with Crippen molar-refractivity contribution in [3.63, 3.8) is 0 Å². The smallest absolute Gasteiger partial charge is 0.261 e. The van der Waals surface area contributed by atoms with Crippen LogP contribution in [-0.2, 0) is 16.1 Å². The van der Waals surface area contributed by atoms with Gasteiger partial charge >= 0.3 is 0 Å². The number of para-hydroxylation sites is 1. The molecule has 3 aliphatic rings. The van der Waals surface area contributed by atoms with Gasteiger partial charge < -0.3 is 10.2 Å². The minimum atomic E-state index is -0.358. The Labute approximate surface area is 180 Å². The fourth-order valence-corrected chi connectivity index (χ4v) is 5.21. The number of nitrogens with one attached hydrogen (secondary N) is 3. The first-order valence-electron chi connectivity index (χ1n) is 11.1. The van der Waals surface area contributed by atoms with Crippen LogP contribution in [0.25, 0.3) is 10.9 Å². The highest BCUT2D eigenvalue weighted by molar-refractivity contribution is 5.89. The summed E-state index contributed by atoms with van der Waals surface area (Å²) in [5.74, 6) is -0.0559. The maximum atomic E-state index is 12.7. The van der Waals surface area contributed by atoms with Crippen molar-refractivity contribution in [3.8, 4) is 0 Å². The monoisotopic (exact) mass is 424 g/mol. The summed E-state index contributed by atoms with van der Waals surface area (Å²) in [5, 5.41) is 3.46. The van der Waals surface area contributed by atoms with Crippen molar-refractivity contribution in [2.24, 2.45) is 11.8 Å². The van der Waals surface area contributed by atoms with Crippen molar-refractivity contribution in [1.29, 1.82) is 0 Å². The lowest BCUT2D eigenvalue weighted by Crippen LogP contribution is -2.48. The molecule has 0 bridgehead atoms. The van der Waals surface area contributed by atoms with Crippen LogP contribution in [0.1, 0.15) is 32.1 Å². The number of carbonyl (C=O) groups excluding carboxylic acids is 2. The summed E-state index contributed by atoms with van der Waals surface area (Å²) >= 11 is 0. The van der Waals surface area contributed by atoms with Gasteiger partial charge in [0, 0.05) is 38.0 Å². The van der Waals surface area contributed by atoms with Crippen molar-refractivity contribution in [2.45, 2.75) is 50.9 Å². The lowest BCUT2D eigenvalue weighted by molar-refractivity contribution is -0.131.